The van der Waals surface area contributed by atoms with Gasteiger partial charge in [-0.1, -0.05) is 0 Å². The van der Waals surface area contributed by atoms with Gasteiger partial charge in [-0.25, -0.2) is 14.2 Å². The van der Waals surface area contributed by atoms with E-state index in [0.29, 0.717) is 29.7 Å². The molecule has 0 radical (unpaired) electrons. The Morgan fingerprint density at radius 3 is 2.67 bits per heavy atom. The fourth-order valence-corrected chi connectivity index (χ4v) is 2.79. The summed E-state index contributed by atoms with van der Waals surface area (Å²) in [4.78, 5) is 28.0. The van der Waals surface area contributed by atoms with Crippen molar-refractivity contribution in [3.63, 3.8) is 0 Å². The third-order valence-corrected chi connectivity index (χ3v) is 4.12. The van der Waals surface area contributed by atoms with Gasteiger partial charge in [0.25, 0.3) is 0 Å². The molecule has 3 N–H and O–H groups in total. The highest BCUT2D eigenvalue weighted by atomic mass is 32.1. The minimum atomic E-state index is -0.489. The molecule has 0 aliphatic rings. The van der Waals surface area contributed by atoms with E-state index >= 15 is 0 Å². The minimum absolute atomic E-state index is 0.132. The maximum atomic E-state index is 12.9. The lowest BCUT2D eigenvalue weighted by molar-refractivity contribution is -0.120. The molecule has 2 rings (SSSR count). The zero-order chi connectivity index (χ0) is 19.6. The van der Waals surface area contributed by atoms with Crippen molar-refractivity contribution in [1.82, 2.24) is 10.3 Å². The number of hydrogen-bond donors (Lipinski definition) is 3. The van der Waals surface area contributed by atoms with Crippen LogP contribution in [0.25, 0.3) is 0 Å². The molecule has 2 aromatic rings. The van der Waals surface area contributed by atoms with Crippen LogP contribution in [-0.4, -0.2) is 36.2 Å². The Kier molecular flexibility index (Phi) is 8.15. The standard InChI is InChI=1S/C18H23FN4O3S/c1-12(2)26-9-3-8-20-16(24)10-15-11-27-18(22-15)23-17(25)21-14-6-4-13(19)5-7-14/h4-7,11-12H,3,8-10H2,1-2H3,(H,20,24)(H2,21,22,23,25). The smallest absolute Gasteiger partial charge is 0.325 e. The first-order valence-electron chi connectivity index (χ1n) is 8.58. The summed E-state index contributed by atoms with van der Waals surface area (Å²) in [5.41, 5.74) is 1.04. The van der Waals surface area contributed by atoms with Crippen molar-refractivity contribution in [2.24, 2.45) is 0 Å². The van der Waals surface area contributed by atoms with Gasteiger partial charge in [0, 0.05) is 24.2 Å². The molecule has 1 aromatic carbocycles. The van der Waals surface area contributed by atoms with Crippen molar-refractivity contribution in [1.29, 1.82) is 0 Å². The van der Waals surface area contributed by atoms with Crippen LogP contribution in [-0.2, 0) is 16.0 Å². The Bertz CT molecular complexity index is 749. The third-order valence-electron chi connectivity index (χ3n) is 3.31. The molecule has 1 aromatic heterocycles. The van der Waals surface area contributed by atoms with Crippen molar-refractivity contribution < 1.29 is 18.7 Å². The van der Waals surface area contributed by atoms with E-state index in [4.69, 9.17) is 4.74 Å². The molecule has 3 amide bonds. The van der Waals surface area contributed by atoms with E-state index in [1.165, 1.54) is 35.6 Å². The van der Waals surface area contributed by atoms with E-state index in [-0.39, 0.29) is 24.2 Å². The molecule has 9 heteroatoms. The van der Waals surface area contributed by atoms with Gasteiger partial charge in [0.1, 0.15) is 5.82 Å². The number of amides is 3. The van der Waals surface area contributed by atoms with Crippen molar-refractivity contribution >= 4 is 34.1 Å². The Hall–Kier alpha value is -2.52. The maximum absolute atomic E-state index is 12.9. The van der Waals surface area contributed by atoms with Crippen LogP contribution in [0.2, 0.25) is 0 Å². The first-order valence-corrected chi connectivity index (χ1v) is 9.46. The third kappa shape index (κ3) is 8.14. The second-order valence-electron chi connectivity index (χ2n) is 6.03. The van der Waals surface area contributed by atoms with Crippen molar-refractivity contribution in [2.75, 3.05) is 23.8 Å². The summed E-state index contributed by atoms with van der Waals surface area (Å²) in [5, 5.41) is 10.1. The number of ether oxygens (including phenoxy) is 1. The van der Waals surface area contributed by atoms with E-state index < -0.39 is 6.03 Å². The highest BCUT2D eigenvalue weighted by Gasteiger charge is 2.10. The Balaban J connectivity index is 1.71. The molecule has 0 saturated heterocycles. The molecule has 1 heterocycles. The van der Waals surface area contributed by atoms with E-state index in [1.807, 2.05) is 13.8 Å². The summed E-state index contributed by atoms with van der Waals surface area (Å²) < 4.78 is 18.3. The average molecular weight is 394 g/mol. The number of nitrogens with one attached hydrogen (secondary N) is 3. The summed E-state index contributed by atoms with van der Waals surface area (Å²) in [6.07, 6.45) is 1.07. The van der Waals surface area contributed by atoms with Crippen molar-refractivity contribution in [2.45, 2.75) is 32.8 Å². The van der Waals surface area contributed by atoms with Gasteiger partial charge in [0.2, 0.25) is 5.91 Å². The van der Waals surface area contributed by atoms with Gasteiger partial charge in [0.05, 0.1) is 18.2 Å². The largest absolute Gasteiger partial charge is 0.379 e. The monoisotopic (exact) mass is 394 g/mol. The summed E-state index contributed by atoms with van der Waals surface area (Å²) >= 11 is 1.22. The van der Waals surface area contributed by atoms with Crippen molar-refractivity contribution in [3.8, 4) is 0 Å². The predicted octanol–water partition coefficient (Wildman–Crippen LogP) is 3.40. The Morgan fingerprint density at radius 2 is 1.96 bits per heavy atom. The number of aromatic nitrogens is 1. The molecule has 0 unspecified atom stereocenters. The molecule has 0 bridgehead atoms. The summed E-state index contributed by atoms with van der Waals surface area (Å²) in [6, 6.07) is 4.93. The van der Waals surface area contributed by atoms with Crippen LogP contribution in [0.1, 0.15) is 26.0 Å². The SMILES string of the molecule is CC(C)OCCCNC(=O)Cc1csc(NC(=O)Nc2ccc(F)cc2)n1. The van der Waals surface area contributed by atoms with Gasteiger partial charge >= 0.3 is 6.03 Å². The number of benzene rings is 1. The second-order valence-corrected chi connectivity index (χ2v) is 6.89. The maximum Gasteiger partial charge on any atom is 0.325 e. The number of carbonyl (C=O) groups excluding carboxylic acids is 2. The number of rotatable bonds is 9. The van der Waals surface area contributed by atoms with E-state index in [2.05, 4.69) is 20.9 Å². The number of thiazole rings is 1. The summed E-state index contributed by atoms with van der Waals surface area (Å²) in [6.45, 7) is 5.07. The van der Waals surface area contributed by atoms with Gasteiger partial charge in [-0.05, 0) is 44.5 Å². The Labute approximate surface area is 161 Å². The molecule has 146 valence electrons. The van der Waals surface area contributed by atoms with Crippen LogP contribution >= 0.6 is 11.3 Å². The minimum Gasteiger partial charge on any atom is -0.379 e. The van der Waals surface area contributed by atoms with Crippen LogP contribution < -0.4 is 16.0 Å². The molecule has 0 saturated carbocycles. The molecule has 7 nitrogen and oxygen atoms in total. The predicted molar refractivity (Wildman–Crippen MR) is 104 cm³/mol. The van der Waals surface area contributed by atoms with Gasteiger partial charge in [-0.3, -0.25) is 10.1 Å². The van der Waals surface area contributed by atoms with Crippen LogP contribution in [0.5, 0.6) is 0 Å². The quantitative estimate of drug-likeness (QED) is 0.569. The molecule has 0 aliphatic heterocycles. The topological polar surface area (TPSA) is 92.4 Å². The first-order chi connectivity index (χ1) is 12.9. The first kappa shape index (κ1) is 20.8. The van der Waals surface area contributed by atoms with Gasteiger partial charge in [-0.2, -0.15) is 0 Å². The fraction of sp³-hybridized carbons (Fsp3) is 0.389. The zero-order valence-electron chi connectivity index (χ0n) is 15.3. The number of nitrogens with zero attached hydrogens (tertiary/aromatic N) is 1. The highest BCUT2D eigenvalue weighted by molar-refractivity contribution is 7.14. The van der Waals surface area contributed by atoms with Crippen LogP contribution in [0.3, 0.4) is 0 Å². The number of halogens is 1. The Morgan fingerprint density at radius 1 is 1.22 bits per heavy atom. The van der Waals surface area contributed by atoms with Crippen LogP contribution in [0.4, 0.5) is 20.0 Å². The summed E-state index contributed by atoms with van der Waals surface area (Å²) in [5.74, 6) is -0.511. The lowest BCUT2D eigenvalue weighted by Gasteiger charge is -2.07. The lowest BCUT2D eigenvalue weighted by Crippen LogP contribution is -2.27. The molecule has 0 aliphatic carbocycles. The molecule has 27 heavy (non-hydrogen) atoms. The van der Waals surface area contributed by atoms with Crippen molar-refractivity contribution in [3.05, 3.63) is 41.2 Å². The lowest BCUT2D eigenvalue weighted by atomic mass is 10.3. The summed E-state index contributed by atoms with van der Waals surface area (Å²) in [7, 11) is 0. The normalized spacial score (nSPS) is 10.7. The molecule has 0 spiro atoms. The number of urea groups is 1. The van der Waals surface area contributed by atoms with Gasteiger partial charge in [0.15, 0.2) is 5.13 Å². The fourth-order valence-electron chi connectivity index (χ4n) is 2.08. The van der Waals surface area contributed by atoms with Crippen LogP contribution in [0.15, 0.2) is 29.6 Å². The molecular formula is C18H23FN4O3S. The highest BCUT2D eigenvalue weighted by Crippen LogP contribution is 2.16. The molecule has 0 atom stereocenters. The second kappa shape index (κ2) is 10.6. The van der Waals surface area contributed by atoms with E-state index in [0.717, 1.165) is 6.42 Å². The molecule has 0 fully saturated rings. The van der Waals surface area contributed by atoms with E-state index in [9.17, 15) is 14.0 Å². The van der Waals surface area contributed by atoms with Gasteiger partial charge in [-0.15, -0.1) is 11.3 Å². The number of hydrogen-bond acceptors (Lipinski definition) is 5. The molecular weight excluding hydrogens is 371 g/mol. The van der Waals surface area contributed by atoms with Gasteiger partial charge < -0.3 is 15.4 Å². The average Bonchev–Trinajstić information content (AvgIpc) is 3.03. The van der Waals surface area contributed by atoms with E-state index in [1.54, 1.807) is 5.38 Å². The van der Waals surface area contributed by atoms with Crippen LogP contribution in [0, 0.1) is 5.82 Å². The zero-order valence-corrected chi connectivity index (χ0v) is 16.1. The number of carbonyl (C=O) groups is 2. The number of anilines is 2.